The molecule has 2 aromatic rings. The molecule has 15 heavy (non-hydrogen) atoms. The molecule has 0 fully saturated rings. The van der Waals surface area contributed by atoms with Gasteiger partial charge < -0.3 is 10.8 Å². The third-order valence-corrected chi connectivity index (χ3v) is 2.32. The molecular weight excluding hydrogens is 186 g/mol. The molecule has 1 radical (unpaired) electrons. The highest BCUT2D eigenvalue weighted by Gasteiger charge is 1.99. The van der Waals surface area contributed by atoms with Crippen LogP contribution in [0.4, 0.5) is 5.69 Å². The molecule has 0 atom stereocenters. The number of hydrogen-bond acceptors (Lipinski definition) is 2. The van der Waals surface area contributed by atoms with Crippen LogP contribution in [0.3, 0.4) is 0 Å². The van der Waals surface area contributed by atoms with Crippen molar-refractivity contribution in [3.05, 3.63) is 59.7 Å². The Labute approximate surface area is 89.0 Å². The van der Waals surface area contributed by atoms with Crippen LogP contribution in [0.5, 0.6) is 5.75 Å². The molecule has 0 saturated carbocycles. The van der Waals surface area contributed by atoms with Crippen LogP contribution in [-0.2, 0) is 6.42 Å². The Morgan fingerprint density at radius 2 is 1.87 bits per heavy atom. The van der Waals surface area contributed by atoms with Crippen molar-refractivity contribution in [1.29, 1.82) is 0 Å². The Hall–Kier alpha value is -1.96. The van der Waals surface area contributed by atoms with Crippen LogP contribution in [0.2, 0.25) is 0 Å². The van der Waals surface area contributed by atoms with Crippen LogP contribution in [-0.4, -0.2) is 5.11 Å². The maximum atomic E-state index is 9.15. The number of benzene rings is 2. The summed E-state index contributed by atoms with van der Waals surface area (Å²) in [6.45, 7) is 0. The molecule has 75 valence electrons. The van der Waals surface area contributed by atoms with Crippen molar-refractivity contribution in [3.63, 3.8) is 0 Å². The molecule has 2 nitrogen and oxygen atoms in total. The number of nitrogen functional groups attached to an aromatic ring is 1. The van der Waals surface area contributed by atoms with E-state index in [0.29, 0.717) is 0 Å². The lowest BCUT2D eigenvalue weighted by molar-refractivity contribution is 0.475. The molecule has 0 heterocycles. The highest BCUT2D eigenvalue weighted by Crippen LogP contribution is 2.17. The predicted octanol–water partition coefficient (Wildman–Crippen LogP) is 2.37. The number of phenolic OH excluding ortho intramolecular Hbond substituents is 1. The minimum absolute atomic E-state index is 0.285. The molecule has 0 saturated heterocycles. The first kappa shape index (κ1) is 9.59. The minimum Gasteiger partial charge on any atom is -0.508 e. The predicted molar refractivity (Wildman–Crippen MR) is 60.6 cm³/mol. The summed E-state index contributed by atoms with van der Waals surface area (Å²) >= 11 is 0. The van der Waals surface area contributed by atoms with E-state index >= 15 is 0 Å². The number of aromatic hydroxyl groups is 1. The van der Waals surface area contributed by atoms with Crippen molar-refractivity contribution < 1.29 is 5.11 Å². The van der Waals surface area contributed by atoms with E-state index in [2.05, 4.69) is 6.07 Å². The molecule has 0 aromatic heterocycles. The summed E-state index contributed by atoms with van der Waals surface area (Å²) in [5.41, 5.74) is 8.79. The molecule has 2 rings (SSSR count). The van der Waals surface area contributed by atoms with E-state index in [1.165, 1.54) is 0 Å². The van der Waals surface area contributed by atoms with Gasteiger partial charge in [-0.1, -0.05) is 24.3 Å². The quantitative estimate of drug-likeness (QED) is 0.728. The third-order valence-electron chi connectivity index (χ3n) is 2.32. The number of rotatable bonds is 2. The largest absolute Gasteiger partial charge is 0.508 e. The van der Waals surface area contributed by atoms with Gasteiger partial charge in [-0.3, -0.25) is 0 Å². The van der Waals surface area contributed by atoms with Crippen LogP contribution in [0.1, 0.15) is 11.1 Å². The highest BCUT2D eigenvalue weighted by molar-refractivity contribution is 5.48. The van der Waals surface area contributed by atoms with Gasteiger partial charge >= 0.3 is 0 Å². The summed E-state index contributed by atoms with van der Waals surface area (Å²) in [7, 11) is 0. The number of anilines is 1. The molecule has 3 N–H and O–H groups in total. The van der Waals surface area contributed by atoms with Gasteiger partial charge in [-0.15, -0.1) is 0 Å². The van der Waals surface area contributed by atoms with Gasteiger partial charge in [-0.2, -0.15) is 0 Å². The fourth-order valence-electron chi connectivity index (χ4n) is 1.47. The Morgan fingerprint density at radius 3 is 2.53 bits per heavy atom. The third kappa shape index (κ3) is 2.29. The zero-order chi connectivity index (χ0) is 10.7. The summed E-state index contributed by atoms with van der Waals surface area (Å²) < 4.78 is 0. The Morgan fingerprint density at radius 1 is 1.13 bits per heavy atom. The average molecular weight is 198 g/mol. The van der Waals surface area contributed by atoms with E-state index in [9.17, 15) is 0 Å². The smallest absolute Gasteiger partial charge is 0.115 e. The van der Waals surface area contributed by atoms with Crippen molar-refractivity contribution in [2.24, 2.45) is 0 Å². The lowest BCUT2D eigenvalue weighted by atomic mass is 10.0. The van der Waals surface area contributed by atoms with Crippen LogP contribution in [0.15, 0.2) is 42.5 Å². The van der Waals surface area contributed by atoms with Gasteiger partial charge in [-0.25, -0.2) is 0 Å². The van der Waals surface area contributed by atoms with E-state index in [-0.39, 0.29) is 5.75 Å². The second-order valence-corrected chi connectivity index (χ2v) is 3.47. The van der Waals surface area contributed by atoms with Crippen molar-refractivity contribution in [1.82, 2.24) is 0 Å². The van der Waals surface area contributed by atoms with E-state index in [1.54, 1.807) is 18.2 Å². The Balaban J connectivity index is 2.22. The van der Waals surface area contributed by atoms with Crippen LogP contribution in [0, 0.1) is 6.07 Å². The molecule has 0 aliphatic carbocycles. The zero-order valence-electron chi connectivity index (χ0n) is 8.27. The zero-order valence-corrected chi connectivity index (χ0v) is 8.27. The molecule has 0 bridgehead atoms. The van der Waals surface area contributed by atoms with Crippen LogP contribution >= 0.6 is 0 Å². The van der Waals surface area contributed by atoms with E-state index in [1.807, 2.05) is 24.3 Å². The first-order valence-corrected chi connectivity index (χ1v) is 4.78. The average Bonchev–Trinajstić information content (AvgIpc) is 2.25. The van der Waals surface area contributed by atoms with Gasteiger partial charge in [0, 0.05) is 5.69 Å². The number of hydrogen-bond donors (Lipinski definition) is 2. The molecule has 0 amide bonds. The Bertz CT molecular complexity index is 448. The topological polar surface area (TPSA) is 46.2 Å². The molecule has 0 spiro atoms. The summed E-state index contributed by atoms with van der Waals surface area (Å²) in [6, 6.07) is 15.7. The molecule has 0 aliphatic rings. The van der Waals surface area contributed by atoms with Gasteiger partial charge in [0.05, 0.1) is 0 Å². The summed E-state index contributed by atoms with van der Waals surface area (Å²) in [4.78, 5) is 0. The lowest BCUT2D eigenvalue weighted by Crippen LogP contribution is -1.94. The van der Waals surface area contributed by atoms with Crippen molar-refractivity contribution in [2.45, 2.75) is 6.42 Å². The first-order chi connectivity index (χ1) is 7.25. The summed E-state index contributed by atoms with van der Waals surface area (Å²) in [6.07, 6.45) is 0.779. The molecule has 0 aliphatic heterocycles. The lowest BCUT2D eigenvalue weighted by Gasteiger charge is -2.05. The van der Waals surface area contributed by atoms with Crippen molar-refractivity contribution >= 4 is 5.69 Å². The molecule has 0 unspecified atom stereocenters. The standard InChI is InChI=1S/C13H12NO/c14-13-4-2-1-3-11(13)9-10-5-7-12(15)8-6-10/h1,3-8,15H,9,14H2. The highest BCUT2D eigenvalue weighted by atomic mass is 16.3. The fourth-order valence-corrected chi connectivity index (χ4v) is 1.47. The van der Waals surface area contributed by atoms with Crippen LogP contribution < -0.4 is 5.73 Å². The SMILES string of the molecule is Nc1c[c]ccc1Cc1ccc(O)cc1. The monoisotopic (exact) mass is 198 g/mol. The van der Waals surface area contributed by atoms with Crippen LogP contribution in [0.25, 0.3) is 0 Å². The normalized spacial score (nSPS) is 10.1. The van der Waals surface area contributed by atoms with Crippen molar-refractivity contribution in [3.8, 4) is 5.75 Å². The minimum atomic E-state index is 0.285. The van der Waals surface area contributed by atoms with Gasteiger partial charge in [0.2, 0.25) is 0 Å². The van der Waals surface area contributed by atoms with Gasteiger partial charge in [0.25, 0.3) is 0 Å². The molecular formula is C13H12NO. The van der Waals surface area contributed by atoms with E-state index in [4.69, 9.17) is 10.8 Å². The second kappa shape index (κ2) is 4.05. The summed E-state index contributed by atoms with van der Waals surface area (Å²) in [5, 5.41) is 9.15. The second-order valence-electron chi connectivity index (χ2n) is 3.47. The molecule has 2 aromatic carbocycles. The summed E-state index contributed by atoms with van der Waals surface area (Å²) in [5.74, 6) is 0.285. The first-order valence-electron chi connectivity index (χ1n) is 4.78. The van der Waals surface area contributed by atoms with Gasteiger partial charge in [0.15, 0.2) is 0 Å². The maximum Gasteiger partial charge on any atom is 0.115 e. The molecule has 2 heteroatoms. The number of nitrogens with two attached hydrogens (primary N) is 1. The van der Waals surface area contributed by atoms with Gasteiger partial charge in [0.1, 0.15) is 5.75 Å². The van der Waals surface area contributed by atoms with E-state index < -0.39 is 0 Å². The number of phenols is 1. The van der Waals surface area contributed by atoms with E-state index in [0.717, 1.165) is 23.2 Å². The van der Waals surface area contributed by atoms with Gasteiger partial charge in [-0.05, 0) is 41.8 Å². The maximum absolute atomic E-state index is 9.15. The fraction of sp³-hybridized carbons (Fsp3) is 0.0769. The Kier molecular flexibility index (Phi) is 2.59. The van der Waals surface area contributed by atoms with Crippen molar-refractivity contribution in [2.75, 3.05) is 5.73 Å².